The van der Waals surface area contributed by atoms with Gasteiger partial charge in [0, 0.05) is 31.5 Å². The number of carboxylic acids is 1. The van der Waals surface area contributed by atoms with Crippen molar-refractivity contribution < 1.29 is 28.2 Å². The average molecular weight is 502 g/mol. The molecule has 5 rings (SSSR count). The van der Waals surface area contributed by atoms with E-state index >= 15 is 0 Å². The molecular weight excluding hydrogens is 475 g/mol. The number of rotatable bonds is 5. The number of likely N-dealkylation sites (tertiary alicyclic amines) is 1. The fraction of sp³-hybridized carbons (Fsp3) is 0.370. The first kappa shape index (κ1) is 24.0. The maximum absolute atomic E-state index is 13.2. The number of thiophene rings is 1. The minimum absolute atomic E-state index is 0.255. The van der Waals surface area contributed by atoms with E-state index in [0.29, 0.717) is 25.1 Å². The number of halogens is 3. The summed E-state index contributed by atoms with van der Waals surface area (Å²) in [5, 5.41) is 26.6. The molecule has 1 aliphatic heterocycles. The number of hydrogen-bond donors (Lipinski definition) is 2. The van der Waals surface area contributed by atoms with Gasteiger partial charge in [0.1, 0.15) is 0 Å². The molecule has 3 aromatic rings. The molecule has 4 atom stereocenters. The van der Waals surface area contributed by atoms with Crippen LogP contribution < -0.4 is 0 Å². The zero-order chi connectivity index (χ0) is 24.8. The van der Waals surface area contributed by atoms with Gasteiger partial charge in [0.05, 0.1) is 16.6 Å². The van der Waals surface area contributed by atoms with Crippen LogP contribution in [0.4, 0.5) is 13.2 Å². The molecule has 1 saturated heterocycles. The number of benzene rings is 2. The lowest BCUT2D eigenvalue weighted by atomic mass is 9.53. The lowest BCUT2D eigenvalue weighted by Gasteiger charge is -2.50. The molecule has 1 aliphatic carbocycles. The van der Waals surface area contributed by atoms with Crippen molar-refractivity contribution in [3.8, 4) is 0 Å². The summed E-state index contributed by atoms with van der Waals surface area (Å²) in [5.74, 6) is -1.96. The minimum atomic E-state index is -4.48. The summed E-state index contributed by atoms with van der Waals surface area (Å²) in [7, 11) is 0. The number of carboxylic acid groups (broad SMARTS) is 1. The van der Waals surface area contributed by atoms with E-state index < -0.39 is 34.6 Å². The molecule has 0 spiro atoms. The van der Waals surface area contributed by atoms with Crippen molar-refractivity contribution in [3.05, 3.63) is 93.7 Å². The van der Waals surface area contributed by atoms with E-state index in [1.807, 2.05) is 47.2 Å². The van der Waals surface area contributed by atoms with Gasteiger partial charge >= 0.3 is 12.1 Å². The van der Waals surface area contributed by atoms with E-state index in [2.05, 4.69) is 4.90 Å². The second-order valence-electron chi connectivity index (χ2n) is 9.70. The molecule has 2 fully saturated rings. The molecule has 2 aliphatic rings. The summed E-state index contributed by atoms with van der Waals surface area (Å²) in [6.07, 6.45) is -3.78. The molecule has 4 nitrogen and oxygen atoms in total. The molecule has 0 amide bonds. The topological polar surface area (TPSA) is 60.8 Å². The normalized spacial score (nSPS) is 29.1. The Morgan fingerprint density at radius 1 is 1.09 bits per heavy atom. The summed E-state index contributed by atoms with van der Waals surface area (Å²) in [4.78, 5) is 15.1. The summed E-state index contributed by atoms with van der Waals surface area (Å²) in [6.45, 7) is 1.12. The van der Waals surface area contributed by atoms with Crippen LogP contribution in [-0.2, 0) is 23.1 Å². The first-order valence-electron chi connectivity index (χ1n) is 11.6. The van der Waals surface area contributed by atoms with Crippen molar-refractivity contribution in [2.24, 2.45) is 11.3 Å². The van der Waals surface area contributed by atoms with Gasteiger partial charge in [-0.1, -0.05) is 42.5 Å². The number of aliphatic hydroxyl groups is 1. The first-order chi connectivity index (χ1) is 16.6. The Bertz CT molecular complexity index is 1180. The van der Waals surface area contributed by atoms with Crippen molar-refractivity contribution in [1.29, 1.82) is 0 Å². The van der Waals surface area contributed by atoms with Gasteiger partial charge < -0.3 is 10.2 Å². The molecule has 4 unspecified atom stereocenters. The Morgan fingerprint density at radius 2 is 1.80 bits per heavy atom. The summed E-state index contributed by atoms with van der Waals surface area (Å²) in [6, 6.07) is 16.2. The smallest absolute Gasteiger partial charge is 0.416 e. The maximum Gasteiger partial charge on any atom is 0.416 e. The lowest BCUT2D eigenvalue weighted by molar-refractivity contribution is -0.169. The highest BCUT2D eigenvalue weighted by molar-refractivity contribution is 7.08. The quantitative estimate of drug-likeness (QED) is 0.469. The van der Waals surface area contributed by atoms with Crippen LogP contribution in [0.3, 0.4) is 0 Å². The Balaban J connectivity index is 1.58. The molecule has 2 aromatic carbocycles. The van der Waals surface area contributed by atoms with Crippen LogP contribution in [0.2, 0.25) is 0 Å². The molecule has 35 heavy (non-hydrogen) atoms. The van der Waals surface area contributed by atoms with Gasteiger partial charge in [-0.3, -0.25) is 9.69 Å². The zero-order valence-corrected chi connectivity index (χ0v) is 19.7. The second-order valence-corrected chi connectivity index (χ2v) is 10.5. The van der Waals surface area contributed by atoms with Crippen LogP contribution >= 0.6 is 11.3 Å². The molecule has 2 N–H and O–H groups in total. The van der Waals surface area contributed by atoms with Crippen molar-refractivity contribution >= 4 is 17.3 Å². The predicted molar refractivity (Wildman–Crippen MR) is 127 cm³/mol. The van der Waals surface area contributed by atoms with Gasteiger partial charge in [-0.2, -0.15) is 24.5 Å². The molecule has 8 heteroatoms. The number of hydrogen-bond acceptors (Lipinski definition) is 4. The largest absolute Gasteiger partial charge is 0.481 e. The Labute approximate surface area is 205 Å². The van der Waals surface area contributed by atoms with Crippen molar-refractivity contribution in [3.63, 3.8) is 0 Å². The van der Waals surface area contributed by atoms with Gasteiger partial charge in [-0.15, -0.1) is 0 Å². The number of alkyl halides is 3. The van der Waals surface area contributed by atoms with Gasteiger partial charge in [-0.05, 0) is 58.5 Å². The summed E-state index contributed by atoms with van der Waals surface area (Å²) >= 11 is 1.51. The van der Waals surface area contributed by atoms with Gasteiger partial charge in [0.25, 0.3) is 0 Å². The van der Waals surface area contributed by atoms with E-state index in [-0.39, 0.29) is 18.9 Å². The Hall–Kier alpha value is -2.68. The van der Waals surface area contributed by atoms with Gasteiger partial charge in [0.2, 0.25) is 0 Å². The highest BCUT2D eigenvalue weighted by Crippen LogP contribution is 2.61. The molecule has 2 heterocycles. The minimum Gasteiger partial charge on any atom is -0.481 e. The van der Waals surface area contributed by atoms with Crippen LogP contribution in [0, 0.1) is 11.3 Å². The molecule has 0 bridgehead atoms. The molecule has 0 radical (unpaired) electrons. The molecule has 184 valence electrons. The van der Waals surface area contributed by atoms with Crippen molar-refractivity contribution in [2.75, 3.05) is 13.1 Å². The fourth-order valence-electron chi connectivity index (χ4n) is 6.25. The van der Waals surface area contributed by atoms with Gasteiger partial charge in [-0.25, -0.2) is 0 Å². The molecule has 1 aromatic heterocycles. The van der Waals surface area contributed by atoms with Crippen LogP contribution in [0.5, 0.6) is 0 Å². The van der Waals surface area contributed by atoms with Crippen LogP contribution in [0.15, 0.2) is 71.4 Å². The standard InChI is InChI=1S/C27H26F3NO3S/c28-27(29,30)21-8-6-20(7-9-21)26(34)12-10-22(19-11-13-35-16-19)25(24(32)33)17-31(15-23(25)26)14-18-4-2-1-3-5-18/h1-9,11,13,16,22-23,34H,10,12,14-15,17H2,(H,32,33). The third-order valence-electron chi connectivity index (χ3n) is 7.87. The first-order valence-corrected chi connectivity index (χ1v) is 12.5. The van der Waals surface area contributed by atoms with Crippen molar-refractivity contribution in [1.82, 2.24) is 4.90 Å². The molecule has 1 saturated carbocycles. The highest BCUT2D eigenvalue weighted by atomic mass is 32.1. The zero-order valence-electron chi connectivity index (χ0n) is 18.9. The van der Waals surface area contributed by atoms with Crippen LogP contribution in [-0.4, -0.2) is 34.2 Å². The summed E-state index contributed by atoms with van der Waals surface area (Å²) < 4.78 is 39.5. The van der Waals surface area contributed by atoms with Crippen LogP contribution in [0.25, 0.3) is 0 Å². The molecular formula is C27H26F3NO3S. The number of fused-ring (bicyclic) bond motifs is 1. The van der Waals surface area contributed by atoms with Crippen LogP contribution in [0.1, 0.15) is 41.0 Å². The lowest BCUT2D eigenvalue weighted by Crippen LogP contribution is -2.56. The number of carbonyl (C=O) groups is 1. The van der Waals surface area contributed by atoms with Crippen molar-refractivity contribution in [2.45, 2.75) is 37.1 Å². The second kappa shape index (κ2) is 8.76. The predicted octanol–water partition coefficient (Wildman–Crippen LogP) is 5.74. The number of aliphatic carboxylic acids is 1. The number of nitrogens with zero attached hydrogens (tertiary/aromatic N) is 1. The Morgan fingerprint density at radius 3 is 2.40 bits per heavy atom. The maximum atomic E-state index is 13.2. The monoisotopic (exact) mass is 501 g/mol. The van der Waals surface area contributed by atoms with Gasteiger partial charge in [0.15, 0.2) is 0 Å². The highest BCUT2D eigenvalue weighted by Gasteiger charge is 2.66. The third kappa shape index (κ3) is 4.07. The average Bonchev–Trinajstić information content (AvgIpc) is 3.49. The van der Waals surface area contributed by atoms with E-state index in [1.165, 1.54) is 23.5 Å². The van der Waals surface area contributed by atoms with E-state index in [0.717, 1.165) is 23.3 Å². The SMILES string of the molecule is O=C(O)C12CN(Cc3ccccc3)CC1C(O)(c1ccc(C(F)(F)F)cc1)CCC2c1ccsc1. The Kier molecular flexibility index (Phi) is 6.02. The van der Waals surface area contributed by atoms with E-state index in [4.69, 9.17) is 0 Å². The summed E-state index contributed by atoms with van der Waals surface area (Å²) in [5.41, 5.74) is -1.30. The van der Waals surface area contributed by atoms with E-state index in [1.54, 1.807) is 0 Å². The fourth-order valence-corrected chi connectivity index (χ4v) is 6.96. The third-order valence-corrected chi connectivity index (χ3v) is 8.57. The van der Waals surface area contributed by atoms with E-state index in [9.17, 15) is 28.2 Å².